The quantitative estimate of drug-likeness (QED) is 0.323. The summed E-state index contributed by atoms with van der Waals surface area (Å²) in [5.74, 6) is -1.94. The molecule has 0 radical (unpaired) electrons. The van der Waals surface area contributed by atoms with Crippen LogP contribution in [0.4, 0.5) is 15.8 Å². The minimum atomic E-state index is -0.986. The Morgan fingerprint density at radius 3 is 2.35 bits per heavy atom. The molecular formula is C27H18BrFN2O3. The Morgan fingerprint density at radius 2 is 1.56 bits per heavy atom. The lowest BCUT2D eigenvalue weighted by molar-refractivity contribution is -0.126. The van der Waals surface area contributed by atoms with Gasteiger partial charge in [-0.2, -0.15) is 0 Å². The summed E-state index contributed by atoms with van der Waals surface area (Å²) in [5, 5.41) is 3.35. The maximum absolute atomic E-state index is 14.0. The number of hydrogen-bond donors (Lipinski definition) is 0. The van der Waals surface area contributed by atoms with Crippen molar-refractivity contribution in [2.45, 2.75) is 12.1 Å². The number of anilines is 2. The fourth-order valence-electron chi connectivity index (χ4n) is 4.89. The molecule has 4 aromatic rings. The zero-order valence-electron chi connectivity index (χ0n) is 17.8. The van der Waals surface area contributed by atoms with Crippen LogP contribution in [0.5, 0.6) is 0 Å². The van der Waals surface area contributed by atoms with E-state index in [0.717, 1.165) is 10.8 Å². The maximum atomic E-state index is 14.0. The molecule has 7 heteroatoms. The molecule has 2 aliphatic rings. The molecule has 0 aromatic heterocycles. The van der Waals surface area contributed by atoms with E-state index in [4.69, 9.17) is 4.84 Å². The Balaban J connectivity index is 1.48. The largest absolute Gasteiger partial charge is 0.273 e. The van der Waals surface area contributed by atoms with Crippen LogP contribution in [0.15, 0.2) is 95.5 Å². The Labute approximate surface area is 203 Å². The van der Waals surface area contributed by atoms with E-state index < -0.39 is 29.8 Å². The number of hydroxylamine groups is 1. The second-order valence-corrected chi connectivity index (χ2v) is 9.20. The van der Waals surface area contributed by atoms with E-state index in [1.165, 1.54) is 11.0 Å². The molecule has 168 valence electrons. The third-order valence-corrected chi connectivity index (χ3v) is 7.03. The number of halogens is 2. The predicted octanol–water partition coefficient (Wildman–Crippen LogP) is 5.79. The van der Waals surface area contributed by atoms with Crippen LogP contribution in [0.25, 0.3) is 10.8 Å². The van der Waals surface area contributed by atoms with Gasteiger partial charge >= 0.3 is 0 Å². The van der Waals surface area contributed by atoms with Gasteiger partial charge in [-0.1, -0.05) is 60.7 Å². The van der Waals surface area contributed by atoms with Crippen molar-refractivity contribution in [3.8, 4) is 0 Å². The summed E-state index contributed by atoms with van der Waals surface area (Å²) < 4.78 is 14.3. The number of fused-ring (bicyclic) bond motifs is 2. The molecular weight excluding hydrogens is 499 g/mol. The van der Waals surface area contributed by atoms with E-state index in [-0.39, 0.29) is 10.4 Å². The summed E-state index contributed by atoms with van der Waals surface area (Å²) in [7, 11) is 0. The molecule has 2 saturated heterocycles. The van der Waals surface area contributed by atoms with Crippen LogP contribution in [0.2, 0.25) is 0 Å². The van der Waals surface area contributed by atoms with E-state index in [1.54, 1.807) is 23.3 Å². The monoisotopic (exact) mass is 516 g/mol. The number of para-hydroxylation sites is 1. The van der Waals surface area contributed by atoms with Crippen molar-refractivity contribution < 1.29 is 18.8 Å². The number of carbonyl (C=O) groups excluding carboxylic acids is 2. The minimum absolute atomic E-state index is 0.282. The van der Waals surface area contributed by atoms with E-state index in [9.17, 15) is 14.0 Å². The van der Waals surface area contributed by atoms with Crippen LogP contribution in [0.3, 0.4) is 0 Å². The van der Waals surface area contributed by atoms with Crippen molar-refractivity contribution in [3.63, 3.8) is 0 Å². The maximum Gasteiger partial charge on any atom is 0.266 e. The Morgan fingerprint density at radius 1 is 0.824 bits per heavy atom. The Kier molecular flexibility index (Phi) is 4.97. The second-order valence-electron chi connectivity index (χ2n) is 8.34. The van der Waals surface area contributed by atoms with Crippen LogP contribution < -0.4 is 9.96 Å². The fraction of sp³-hybridized carbons (Fsp3) is 0.111. The van der Waals surface area contributed by atoms with Crippen LogP contribution in [0, 0.1) is 11.7 Å². The number of nitrogens with zero attached hydrogens (tertiary/aromatic N) is 2. The van der Waals surface area contributed by atoms with Crippen molar-refractivity contribution >= 4 is 49.9 Å². The highest BCUT2D eigenvalue weighted by Crippen LogP contribution is 2.48. The molecule has 2 fully saturated rings. The van der Waals surface area contributed by atoms with Crippen LogP contribution in [-0.2, 0) is 14.4 Å². The van der Waals surface area contributed by atoms with Gasteiger partial charge in [-0.3, -0.25) is 14.4 Å². The lowest BCUT2D eigenvalue weighted by Gasteiger charge is -2.29. The molecule has 2 heterocycles. The highest BCUT2D eigenvalue weighted by molar-refractivity contribution is 9.10. The van der Waals surface area contributed by atoms with Gasteiger partial charge in [0.2, 0.25) is 5.91 Å². The lowest BCUT2D eigenvalue weighted by Crippen LogP contribution is -2.37. The standard InChI is InChI=1S/C27H18BrFN2O3/c28-20-15-17(13-14-21(20)29)24-23-25(34-31(24)18-9-2-1-3-10-18)27(33)30(26(23)32)22-12-6-8-16-7-4-5-11-19(16)22/h1-15,23-25H/t23-,24-,25-/m1/s1. The summed E-state index contributed by atoms with van der Waals surface area (Å²) in [6.45, 7) is 0. The van der Waals surface area contributed by atoms with Crippen molar-refractivity contribution in [2.24, 2.45) is 5.92 Å². The molecule has 5 nitrogen and oxygen atoms in total. The van der Waals surface area contributed by atoms with Crippen LogP contribution >= 0.6 is 15.9 Å². The number of hydrogen-bond acceptors (Lipinski definition) is 4. The first-order valence-corrected chi connectivity index (χ1v) is 11.7. The summed E-state index contributed by atoms with van der Waals surface area (Å²) >= 11 is 3.25. The van der Waals surface area contributed by atoms with E-state index in [2.05, 4.69) is 15.9 Å². The van der Waals surface area contributed by atoms with Gasteiger partial charge in [-0.15, -0.1) is 0 Å². The van der Waals surface area contributed by atoms with Crippen molar-refractivity contribution in [1.29, 1.82) is 0 Å². The zero-order chi connectivity index (χ0) is 23.4. The summed E-state index contributed by atoms with van der Waals surface area (Å²) in [6.07, 6.45) is -0.986. The lowest BCUT2D eigenvalue weighted by atomic mass is 9.90. The molecule has 0 unspecified atom stereocenters. The molecule has 0 N–H and O–H groups in total. The van der Waals surface area contributed by atoms with E-state index in [0.29, 0.717) is 16.9 Å². The molecule has 6 rings (SSSR count). The van der Waals surface area contributed by atoms with Crippen molar-refractivity contribution in [2.75, 3.05) is 9.96 Å². The van der Waals surface area contributed by atoms with Gasteiger partial charge in [-0.05, 0) is 57.2 Å². The molecule has 4 aromatic carbocycles. The number of imide groups is 1. The third kappa shape index (κ3) is 3.15. The van der Waals surface area contributed by atoms with Crippen molar-refractivity contribution in [1.82, 2.24) is 0 Å². The van der Waals surface area contributed by atoms with Gasteiger partial charge in [-0.25, -0.2) is 14.4 Å². The molecule has 0 saturated carbocycles. The van der Waals surface area contributed by atoms with Crippen LogP contribution in [0.1, 0.15) is 11.6 Å². The highest BCUT2D eigenvalue weighted by atomic mass is 79.9. The van der Waals surface area contributed by atoms with Gasteiger partial charge in [0.1, 0.15) is 11.7 Å². The molecule has 2 amide bonds. The van der Waals surface area contributed by atoms with Crippen molar-refractivity contribution in [3.05, 3.63) is 107 Å². The first-order chi connectivity index (χ1) is 16.5. The minimum Gasteiger partial charge on any atom is -0.273 e. The average Bonchev–Trinajstić information content (AvgIpc) is 3.37. The zero-order valence-corrected chi connectivity index (χ0v) is 19.4. The number of amides is 2. The molecule has 0 aliphatic carbocycles. The summed E-state index contributed by atoms with van der Waals surface area (Å²) in [4.78, 5) is 34.9. The summed E-state index contributed by atoms with van der Waals surface area (Å²) in [5.41, 5.74) is 1.92. The summed E-state index contributed by atoms with van der Waals surface area (Å²) in [6, 6.07) is 26.5. The van der Waals surface area contributed by atoms with Gasteiger partial charge in [0, 0.05) is 5.39 Å². The molecule has 0 spiro atoms. The topological polar surface area (TPSA) is 49.9 Å². The number of benzene rings is 4. The number of carbonyl (C=O) groups is 2. The van der Waals surface area contributed by atoms with Gasteiger partial charge in [0.05, 0.1) is 21.9 Å². The first-order valence-electron chi connectivity index (χ1n) is 10.9. The normalized spacial score (nSPS) is 22.0. The Bertz CT molecular complexity index is 1440. The van der Waals surface area contributed by atoms with Gasteiger partial charge in [0.25, 0.3) is 5.91 Å². The van der Waals surface area contributed by atoms with Gasteiger partial charge < -0.3 is 0 Å². The highest BCUT2D eigenvalue weighted by Gasteiger charge is 2.60. The number of rotatable bonds is 3. The molecule has 0 bridgehead atoms. The fourth-order valence-corrected chi connectivity index (χ4v) is 5.29. The van der Waals surface area contributed by atoms with E-state index in [1.807, 2.05) is 66.7 Å². The molecule has 2 aliphatic heterocycles. The first kappa shape index (κ1) is 21.0. The Hall–Kier alpha value is -3.55. The third-order valence-electron chi connectivity index (χ3n) is 6.42. The smallest absolute Gasteiger partial charge is 0.266 e. The second kappa shape index (κ2) is 8.04. The average molecular weight is 517 g/mol. The molecule has 3 atom stereocenters. The molecule has 34 heavy (non-hydrogen) atoms. The van der Waals surface area contributed by atoms with Gasteiger partial charge in [0.15, 0.2) is 6.10 Å². The van der Waals surface area contributed by atoms with Crippen LogP contribution in [-0.4, -0.2) is 17.9 Å². The predicted molar refractivity (Wildman–Crippen MR) is 131 cm³/mol. The SMILES string of the molecule is O=C1[C@@H]2[C@@H](c3ccc(F)c(Br)c3)N(c3ccccc3)O[C@H]2C(=O)N1c1cccc2ccccc12. The van der Waals surface area contributed by atoms with E-state index >= 15 is 0 Å².